The molecule has 9 nitrogen and oxygen atoms in total. The smallest absolute Gasteiger partial charge is 0.0669 e. The van der Waals surface area contributed by atoms with Crippen molar-refractivity contribution in [1.82, 2.24) is 4.90 Å². The van der Waals surface area contributed by atoms with Crippen LogP contribution in [-0.2, 0) is 19.3 Å². The van der Waals surface area contributed by atoms with Gasteiger partial charge in [-0.05, 0) is 144 Å². The van der Waals surface area contributed by atoms with E-state index in [4.69, 9.17) is 9.98 Å². The normalized spacial score (nSPS) is 14.0. The molecule has 0 spiro atoms. The Kier molecular flexibility index (Phi) is 59.4. The van der Waals surface area contributed by atoms with Gasteiger partial charge in [0, 0.05) is 102 Å². The first kappa shape index (κ1) is 102. The van der Waals surface area contributed by atoms with E-state index in [9.17, 15) is 0 Å². The maximum atomic E-state index is 4.74. The van der Waals surface area contributed by atoms with Gasteiger partial charge in [0.2, 0.25) is 0 Å². The van der Waals surface area contributed by atoms with Crippen molar-refractivity contribution >= 4 is 69.4 Å². The molecule has 7 aromatic carbocycles. The molecule has 7 aromatic rings. The number of nitrogens with zero attached hydrogens (tertiary/aromatic N) is 9. The van der Waals surface area contributed by atoms with Gasteiger partial charge in [-0.3, -0.25) is 29.9 Å². The van der Waals surface area contributed by atoms with Gasteiger partial charge in [-0.15, -0.1) is 0 Å². The molecule has 0 bridgehead atoms. The highest BCUT2D eigenvalue weighted by Gasteiger charge is 2.31. The zero-order valence-electron chi connectivity index (χ0n) is 64.4. The van der Waals surface area contributed by atoms with Crippen LogP contribution < -0.4 is 14.7 Å². The largest absolute Gasteiger partial charge is 0.378 e. The van der Waals surface area contributed by atoms with Crippen LogP contribution in [0.2, 0.25) is 0 Å². The van der Waals surface area contributed by atoms with Crippen molar-refractivity contribution in [2.45, 2.75) is 193 Å². The Balaban J connectivity index is -0.000000405. The first-order chi connectivity index (χ1) is 47.5. The third-order valence-corrected chi connectivity index (χ3v) is 14.8. The highest BCUT2D eigenvalue weighted by atomic mass is 15.2. The van der Waals surface area contributed by atoms with E-state index < -0.39 is 0 Å². The summed E-state index contributed by atoms with van der Waals surface area (Å²) in [6.45, 7) is 36.0. The average Bonchev–Trinajstić information content (AvgIpc) is 1.66. The number of likely N-dealkylation sites (N-methyl/N-ethyl adjacent to an activating group) is 2. The van der Waals surface area contributed by atoms with Gasteiger partial charge in [-0.2, -0.15) is 0 Å². The Morgan fingerprint density at radius 2 is 0.755 bits per heavy atom. The summed E-state index contributed by atoms with van der Waals surface area (Å²) in [5, 5.41) is 0. The fraction of sp³-hybridized carbons (Fsp3) is 0.387. The lowest BCUT2D eigenvalue weighted by Gasteiger charge is -2.28. The summed E-state index contributed by atoms with van der Waals surface area (Å²) in [5.74, 6) is 0.421. The minimum atomic E-state index is 0. The van der Waals surface area contributed by atoms with Gasteiger partial charge < -0.3 is 14.7 Å². The van der Waals surface area contributed by atoms with E-state index in [0.29, 0.717) is 18.0 Å². The molecule has 12 rings (SSSR count). The monoisotopic (exact) mass is 1390 g/mol. The van der Waals surface area contributed by atoms with Gasteiger partial charge >= 0.3 is 0 Å². The van der Waals surface area contributed by atoms with Crippen molar-refractivity contribution < 1.29 is 0 Å². The lowest BCUT2D eigenvalue weighted by molar-refractivity contribution is 0.390. The molecule has 0 saturated heterocycles. The predicted octanol–water partition coefficient (Wildman–Crippen LogP) is 26.9. The van der Waals surface area contributed by atoms with Crippen molar-refractivity contribution in [3.63, 3.8) is 0 Å². The first-order valence-electron chi connectivity index (χ1n) is 36.1. The van der Waals surface area contributed by atoms with E-state index in [2.05, 4.69) is 238 Å². The molecular weight excluding hydrogens is 1240 g/mol. The first-order valence-corrected chi connectivity index (χ1v) is 36.1. The summed E-state index contributed by atoms with van der Waals surface area (Å²) in [6, 6.07) is 59.5. The minimum absolute atomic E-state index is 0. The van der Waals surface area contributed by atoms with Crippen LogP contribution in [0.25, 0.3) is 0 Å². The molecule has 0 N–H and O–H groups in total. The molecule has 9 heteroatoms. The van der Waals surface area contributed by atoms with Gasteiger partial charge in [-0.1, -0.05) is 301 Å². The molecule has 0 radical (unpaired) electrons. The van der Waals surface area contributed by atoms with Gasteiger partial charge in [0.25, 0.3) is 0 Å². The summed E-state index contributed by atoms with van der Waals surface area (Å²) in [5.41, 5.74) is 20.7. The SMILES string of the molecule is C.C.C.C.C.CC.CC.CC.CC.CC.CC.CC.CC.CC.CN(C)C1C=CC(=CN=C2C=CC(C3Cc4ccccc4N3C)C=C2)C=C1.CN(C)c1ccc(C=Nc2ccc(C3=Nc4ccccc4C3)cc2)cc1.CN(C)c1ccc(C=Nc2ccc(C3=Nc4ccccc4C3)cc2)cc1. The lowest BCUT2D eigenvalue weighted by Crippen LogP contribution is -2.34. The number of para-hydroxylation sites is 3. The second-order valence-electron chi connectivity index (χ2n) is 21.0. The molecule has 3 heterocycles. The summed E-state index contributed by atoms with van der Waals surface area (Å²) >= 11 is 0. The van der Waals surface area contributed by atoms with E-state index >= 15 is 0 Å². The molecule has 102 heavy (non-hydrogen) atoms. The number of benzene rings is 7. The molecule has 0 aromatic heterocycles. The fourth-order valence-corrected chi connectivity index (χ4v) is 10.1. The maximum Gasteiger partial charge on any atom is 0.0669 e. The fourth-order valence-electron chi connectivity index (χ4n) is 10.1. The van der Waals surface area contributed by atoms with Crippen molar-refractivity contribution in [3.05, 3.63) is 269 Å². The summed E-state index contributed by atoms with van der Waals surface area (Å²) < 4.78 is 0. The summed E-state index contributed by atoms with van der Waals surface area (Å²) in [4.78, 5) is 32.1. The Labute approximate surface area is 628 Å². The Morgan fingerprint density at radius 3 is 1.10 bits per heavy atom. The topological polar surface area (TPSA) is 74.8 Å². The molecule has 5 aliphatic rings. The van der Waals surface area contributed by atoms with Crippen molar-refractivity contribution in [2.24, 2.45) is 30.9 Å². The van der Waals surface area contributed by atoms with Crippen LogP contribution in [0.5, 0.6) is 0 Å². The van der Waals surface area contributed by atoms with Crippen LogP contribution in [0.3, 0.4) is 0 Å². The van der Waals surface area contributed by atoms with Crippen LogP contribution in [-0.4, -0.2) is 95.9 Å². The van der Waals surface area contributed by atoms with E-state index in [1.165, 1.54) is 33.8 Å². The zero-order valence-corrected chi connectivity index (χ0v) is 64.4. The van der Waals surface area contributed by atoms with Crippen molar-refractivity contribution in [3.8, 4) is 0 Å². The molecule has 1 atom stereocenters. The maximum absolute atomic E-state index is 4.74. The summed E-state index contributed by atoms with van der Waals surface area (Å²) in [7, 11) is 14.5. The second kappa shape index (κ2) is 59.6. The predicted molar refractivity (Wildman–Crippen MR) is 473 cm³/mol. The van der Waals surface area contributed by atoms with Crippen LogP contribution in [0.4, 0.5) is 39.8 Å². The van der Waals surface area contributed by atoms with Crippen molar-refractivity contribution in [2.75, 3.05) is 64.0 Å². The molecule has 560 valence electrons. The number of hydrogen-bond acceptors (Lipinski definition) is 9. The third-order valence-electron chi connectivity index (χ3n) is 14.8. The zero-order chi connectivity index (χ0) is 72.7. The highest BCUT2D eigenvalue weighted by molar-refractivity contribution is 6.08. The molecule has 2 aliphatic carbocycles. The van der Waals surface area contributed by atoms with E-state index in [1.807, 2.05) is 208 Å². The Hall–Kier alpha value is -9.05. The van der Waals surface area contributed by atoms with Crippen LogP contribution >= 0.6 is 0 Å². The second-order valence-corrected chi connectivity index (χ2v) is 21.0. The number of allylic oxidation sites excluding steroid dienone is 5. The molecule has 0 saturated carbocycles. The number of anilines is 3. The van der Waals surface area contributed by atoms with Gasteiger partial charge in [0.05, 0.1) is 39.9 Å². The molecule has 0 fully saturated rings. The molecule has 0 amide bonds. The average molecular weight is 1390 g/mol. The number of rotatable bonds is 11. The van der Waals surface area contributed by atoms with Crippen molar-refractivity contribution in [1.29, 1.82) is 0 Å². The number of aliphatic imine (C=N–C) groups is 5. The van der Waals surface area contributed by atoms with Crippen LogP contribution in [0.1, 0.15) is 201 Å². The van der Waals surface area contributed by atoms with Gasteiger partial charge in [0.15, 0.2) is 0 Å². The van der Waals surface area contributed by atoms with Crippen LogP contribution in [0, 0.1) is 5.92 Å². The van der Waals surface area contributed by atoms with E-state index in [1.54, 1.807) is 0 Å². The number of hydrogen-bond donors (Lipinski definition) is 0. The minimum Gasteiger partial charge on any atom is -0.378 e. The Morgan fingerprint density at radius 1 is 0.402 bits per heavy atom. The summed E-state index contributed by atoms with van der Waals surface area (Å²) in [6.07, 6.45) is 26.2. The third kappa shape index (κ3) is 32.3. The highest BCUT2D eigenvalue weighted by Crippen LogP contribution is 2.36. The van der Waals surface area contributed by atoms with Gasteiger partial charge in [-0.25, -0.2) is 0 Å². The van der Waals surface area contributed by atoms with Crippen LogP contribution in [0.15, 0.2) is 255 Å². The quantitative estimate of drug-likeness (QED) is 0.121. The molecule has 1 unspecified atom stereocenters. The lowest BCUT2D eigenvalue weighted by atomic mass is 9.92. The van der Waals surface area contributed by atoms with Gasteiger partial charge in [0.1, 0.15) is 0 Å². The Bertz CT molecular complexity index is 3370. The molecule has 3 aliphatic heterocycles. The number of fused-ring (bicyclic) bond motifs is 3. The van der Waals surface area contributed by atoms with E-state index in [-0.39, 0.29) is 37.1 Å². The van der Waals surface area contributed by atoms with E-state index in [0.717, 1.165) is 87.0 Å². The standard InChI is InChI=1S/C24H27N3.2C23H21N3.9C2H6.5CH4/c1-26(2)22-14-8-18(9-15-22)17-25-21-12-10-19(11-13-21)24-16-20-6-4-5-7-23(20)27(24)3;2*1-26(2)21-13-7-17(8-14-21)16-24-20-11-9-18(10-12-20)23-15-19-5-3-4-6-22(19)25-23;9*1-2;;;;;/h4-15,17,19,22,24H,16H2,1-3H3;2*3-14,16H,15H2,1-2H3;9*1-2H3;5*1H4. The molecular formula is C93H143N9.